The van der Waals surface area contributed by atoms with E-state index in [4.69, 9.17) is 13.9 Å². The van der Waals surface area contributed by atoms with Crippen molar-refractivity contribution in [2.24, 2.45) is 0 Å². The molecule has 0 saturated carbocycles. The summed E-state index contributed by atoms with van der Waals surface area (Å²) in [6, 6.07) is 5.99. The number of carbonyl (C=O) groups excluding carboxylic acids is 1. The van der Waals surface area contributed by atoms with Gasteiger partial charge in [-0.25, -0.2) is 13.1 Å². The standard InChI is InChI=1S/C18H20N2O6S/c21-18(13-5-8-24-12-13)20-6-3-14(4-7-20)19-27(22,23)15-1-2-16-17(11-15)26-10-9-25-16/h1-2,5,8,11-12,14,19H,3-4,6-7,9-10H2. The molecule has 0 bridgehead atoms. The van der Waals surface area contributed by atoms with Crippen molar-refractivity contribution in [1.82, 2.24) is 9.62 Å². The molecule has 1 aromatic heterocycles. The molecule has 3 heterocycles. The average molecular weight is 392 g/mol. The first-order valence-corrected chi connectivity index (χ1v) is 10.2. The van der Waals surface area contributed by atoms with Gasteiger partial charge in [-0.05, 0) is 31.0 Å². The van der Waals surface area contributed by atoms with Crippen molar-refractivity contribution >= 4 is 15.9 Å². The van der Waals surface area contributed by atoms with Crippen molar-refractivity contribution in [1.29, 1.82) is 0 Å². The second kappa shape index (κ2) is 7.24. The van der Waals surface area contributed by atoms with E-state index in [0.29, 0.717) is 56.2 Å². The Balaban J connectivity index is 1.39. The summed E-state index contributed by atoms with van der Waals surface area (Å²) >= 11 is 0. The molecule has 1 N–H and O–H groups in total. The molecule has 2 aromatic rings. The summed E-state index contributed by atoms with van der Waals surface area (Å²) in [4.78, 5) is 14.2. The fourth-order valence-corrected chi connectivity index (χ4v) is 4.57. The van der Waals surface area contributed by atoms with E-state index in [0.717, 1.165) is 0 Å². The monoisotopic (exact) mass is 392 g/mol. The third kappa shape index (κ3) is 3.79. The zero-order valence-corrected chi connectivity index (χ0v) is 15.4. The number of amides is 1. The Bertz CT molecular complexity index is 917. The van der Waals surface area contributed by atoms with Gasteiger partial charge in [0.1, 0.15) is 19.5 Å². The van der Waals surface area contributed by atoms with Gasteiger partial charge in [-0.1, -0.05) is 0 Å². The number of likely N-dealkylation sites (tertiary alicyclic amines) is 1. The Morgan fingerprint density at radius 1 is 1.07 bits per heavy atom. The summed E-state index contributed by atoms with van der Waals surface area (Å²) in [7, 11) is -3.68. The van der Waals surface area contributed by atoms with Gasteiger partial charge in [0.05, 0.1) is 16.7 Å². The number of benzene rings is 1. The van der Waals surface area contributed by atoms with Gasteiger partial charge in [0.25, 0.3) is 5.91 Å². The zero-order chi connectivity index (χ0) is 18.9. The van der Waals surface area contributed by atoms with Crippen molar-refractivity contribution in [2.45, 2.75) is 23.8 Å². The van der Waals surface area contributed by atoms with Crippen molar-refractivity contribution < 1.29 is 27.1 Å². The topological polar surface area (TPSA) is 98.1 Å². The van der Waals surface area contributed by atoms with E-state index >= 15 is 0 Å². The highest BCUT2D eigenvalue weighted by Crippen LogP contribution is 2.32. The molecular formula is C18H20N2O6S. The van der Waals surface area contributed by atoms with Gasteiger partial charge in [-0.2, -0.15) is 0 Å². The SMILES string of the molecule is O=C(c1ccoc1)N1CCC(NS(=O)(=O)c2ccc3c(c2)OCCO3)CC1. The summed E-state index contributed by atoms with van der Waals surface area (Å²) < 4.78 is 43.9. The van der Waals surface area contributed by atoms with Crippen LogP contribution in [0.4, 0.5) is 0 Å². The predicted octanol–water partition coefficient (Wildman–Crippen LogP) is 1.63. The number of furan rings is 1. The van der Waals surface area contributed by atoms with E-state index in [1.54, 1.807) is 17.0 Å². The molecule has 0 spiro atoms. The summed E-state index contributed by atoms with van der Waals surface area (Å²) in [6.07, 6.45) is 3.97. The minimum atomic E-state index is -3.68. The molecular weight excluding hydrogens is 372 g/mol. The molecule has 27 heavy (non-hydrogen) atoms. The molecule has 0 aliphatic carbocycles. The molecule has 8 nitrogen and oxygen atoms in total. The van der Waals surface area contributed by atoms with Crippen LogP contribution in [0.15, 0.2) is 46.1 Å². The average Bonchev–Trinajstić information content (AvgIpc) is 3.22. The van der Waals surface area contributed by atoms with E-state index in [2.05, 4.69) is 4.72 Å². The number of piperidine rings is 1. The lowest BCUT2D eigenvalue weighted by Gasteiger charge is -2.32. The first-order valence-electron chi connectivity index (χ1n) is 8.76. The van der Waals surface area contributed by atoms with Gasteiger partial charge in [-0.15, -0.1) is 0 Å². The van der Waals surface area contributed by atoms with E-state index in [9.17, 15) is 13.2 Å². The van der Waals surface area contributed by atoms with Crippen LogP contribution in [0.2, 0.25) is 0 Å². The number of hydrogen-bond acceptors (Lipinski definition) is 6. The third-order valence-electron chi connectivity index (χ3n) is 4.70. The number of ether oxygens (including phenoxy) is 2. The van der Waals surface area contributed by atoms with Crippen LogP contribution in [-0.2, 0) is 10.0 Å². The maximum Gasteiger partial charge on any atom is 0.257 e. The fraction of sp³-hybridized carbons (Fsp3) is 0.389. The highest BCUT2D eigenvalue weighted by molar-refractivity contribution is 7.89. The number of hydrogen-bond donors (Lipinski definition) is 1. The van der Waals surface area contributed by atoms with Gasteiger partial charge in [0, 0.05) is 25.2 Å². The molecule has 1 amide bonds. The van der Waals surface area contributed by atoms with Gasteiger partial charge in [-0.3, -0.25) is 4.79 Å². The van der Waals surface area contributed by atoms with Gasteiger partial charge < -0.3 is 18.8 Å². The van der Waals surface area contributed by atoms with Crippen molar-refractivity contribution in [2.75, 3.05) is 26.3 Å². The Morgan fingerprint density at radius 2 is 1.81 bits per heavy atom. The van der Waals surface area contributed by atoms with Crippen LogP contribution >= 0.6 is 0 Å². The van der Waals surface area contributed by atoms with E-state index in [-0.39, 0.29) is 16.8 Å². The van der Waals surface area contributed by atoms with Crippen LogP contribution in [0.5, 0.6) is 11.5 Å². The first kappa shape index (κ1) is 17.9. The molecule has 4 rings (SSSR count). The van der Waals surface area contributed by atoms with Crippen molar-refractivity contribution in [3.8, 4) is 11.5 Å². The Morgan fingerprint density at radius 3 is 2.52 bits per heavy atom. The van der Waals surface area contributed by atoms with Crippen LogP contribution in [0.25, 0.3) is 0 Å². The fourth-order valence-electron chi connectivity index (χ4n) is 3.25. The largest absolute Gasteiger partial charge is 0.486 e. The van der Waals surface area contributed by atoms with E-state index in [1.165, 1.54) is 24.7 Å². The van der Waals surface area contributed by atoms with Crippen LogP contribution in [0.3, 0.4) is 0 Å². The van der Waals surface area contributed by atoms with Crippen LogP contribution in [-0.4, -0.2) is 51.6 Å². The number of fused-ring (bicyclic) bond motifs is 1. The van der Waals surface area contributed by atoms with Gasteiger partial charge in [0.2, 0.25) is 10.0 Å². The van der Waals surface area contributed by atoms with Crippen LogP contribution < -0.4 is 14.2 Å². The molecule has 1 aromatic carbocycles. The predicted molar refractivity (Wildman–Crippen MR) is 95.4 cm³/mol. The Hall–Kier alpha value is -2.52. The second-order valence-corrected chi connectivity index (χ2v) is 8.22. The summed E-state index contributed by atoms with van der Waals surface area (Å²) in [5.74, 6) is 0.882. The lowest BCUT2D eigenvalue weighted by molar-refractivity contribution is 0.0710. The molecule has 9 heteroatoms. The molecule has 1 saturated heterocycles. The summed E-state index contributed by atoms with van der Waals surface area (Å²) in [5.41, 5.74) is 0.505. The molecule has 0 atom stereocenters. The molecule has 2 aliphatic heterocycles. The minimum Gasteiger partial charge on any atom is -0.486 e. The molecule has 2 aliphatic rings. The zero-order valence-electron chi connectivity index (χ0n) is 14.6. The quantitative estimate of drug-likeness (QED) is 0.849. The van der Waals surface area contributed by atoms with Crippen LogP contribution in [0, 0.1) is 0 Å². The third-order valence-corrected chi connectivity index (χ3v) is 6.21. The lowest BCUT2D eigenvalue weighted by atomic mass is 10.1. The van der Waals surface area contributed by atoms with E-state index < -0.39 is 10.0 Å². The Kier molecular flexibility index (Phi) is 4.79. The smallest absolute Gasteiger partial charge is 0.257 e. The second-order valence-electron chi connectivity index (χ2n) is 6.51. The number of carbonyl (C=O) groups is 1. The number of sulfonamides is 1. The molecule has 0 unspecified atom stereocenters. The van der Waals surface area contributed by atoms with Crippen molar-refractivity contribution in [3.05, 3.63) is 42.4 Å². The Labute approximate surface area is 157 Å². The maximum absolute atomic E-state index is 12.7. The number of nitrogens with zero attached hydrogens (tertiary/aromatic N) is 1. The minimum absolute atomic E-state index is 0.100. The molecule has 0 radical (unpaired) electrons. The van der Waals surface area contributed by atoms with E-state index in [1.807, 2.05) is 0 Å². The lowest BCUT2D eigenvalue weighted by Crippen LogP contribution is -2.46. The highest BCUT2D eigenvalue weighted by Gasteiger charge is 2.28. The highest BCUT2D eigenvalue weighted by atomic mass is 32.2. The van der Waals surface area contributed by atoms with Crippen molar-refractivity contribution in [3.63, 3.8) is 0 Å². The maximum atomic E-state index is 12.7. The normalized spacial score (nSPS) is 17.7. The molecule has 1 fully saturated rings. The first-order chi connectivity index (χ1) is 13.0. The van der Waals surface area contributed by atoms with Gasteiger partial charge in [0.15, 0.2) is 11.5 Å². The molecule has 144 valence electrons. The van der Waals surface area contributed by atoms with Gasteiger partial charge >= 0.3 is 0 Å². The summed E-state index contributed by atoms with van der Waals surface area (Å²) in [6.45, 7) is 1.82. The summed E-state index contributed by atoms with van der Waals surface area (Å²) in [5, 5.41) is 0. The number of rotatable bonds is 4. The number of nitrogens with one attached hydrogen (secondary N) is 1. The van der Waals surface area contributed by atoms with Crippen LogP contribution in [0.1, 0.15) is 23.2 Å².